The van der Waals surface area contributed by atoms with E-state index >= 15 is 0 Å². The second kappa shape index (κ2) is 7.88. The Kier molecular flexibility index (Phi) is 5.26. The van der Waals surface area contributed by atoms with Gasteiger partial charge in [0.25, 0.3) is 5.56 Å². The van der Waals surface area contributed by atoms with Gasteiger partial charge in [0.2, 0.25) is 5.95 Å². The predicted molar refractivity (Wildman–Crippen MR) is 115 cm³/mol. The molecule has 1 atom stereocenters. The molecular formula is C21H26N6O3. The summed E-state index contributed by atoms with van der Waals surface area (Å²) in [5.74, 6) is 7.81. The third-order valence-corrected chi connectivity index (χ3v) is 5.48. The third kappa shape index (κ3) is 3.44. The van der Waals surface area contributed by atoms with E-state index in [4.69, 9.17) is 10.2 Å². The lowest BCUT2D eigenvalue weighted by atomic mass is 10.1. The number of furan rings is 1. The predicted octanol–water partition coefficient (Wildman–Crippen LogP) is 0.797. The first-order chi connectivity index (χ1) is 14.4. The van der Waals surface area contributed by atoms with E-state index in [0.29, 0.717) is 36.0 Å². The number of hydrogen-bond donors (Lipinski definition) is 1. The van der Waals surface area contributed by atoms with Crippen LogP contribution in [-0.2, 0) is 20.1 Å². The fraction of sp³-hybridized carbons (Fsp3) is 0.476. The Morgan fingerprint density at radius 3 is 2.77 bits per heavy atom. The molecule has 0 saturated carbocycles. The average molecular weight is 410 g/mol. The Balaban J connectivity index is 1.93. The van der Waals surface area contributed by atoms with E-state index in [0.717, 1.165) is 25.1 Å². The summed E-state index contributed by atoms with van der Waals surface area (Å²) < 4.78 is 9.98. The molecule has 9 nitrogen and oxygen atoms in total. The molecule has 0 aliphatic carbocycles. The van der Waals surface area contributed by atoms with E-state index in [1.165, 1.54) is 9.13 Å². The molecule has 30 heavy (non-hydrogen) atoms. The Bertz CT molecular complexity index is 1270. The Morgan fingerprint density at radius 2 is 2.10 bits per heavy atom. The summed E-state index contributed by atoms with van der Waals surface area (Å²) in [5.41, 5.74) is 6.04. The lowest BCUT2D eigenvalue weighted by molar-refractivity contribution is 0.459. The molecule has 9 heteroatoms. The van der Waals surface area contributed by atoms with Gasteiger partial charge < -0.3 is 15.1 Å². The quantitative estimate of drug-likeness (QED) is 0.638. The van der Waals surface area contributed by atoms with Gasteiger partial charge in [0.1, 0.15) is 11.5 Å². The summed E-state index contributed by atoms with van der Waals surface area (Å²) in [5, 5.41) is 0. The van der Waals surface area contributed by atoms with Crippen molar-refractivity contribution in [3.63, 3.8) is 0 Å². The summed E-state index contributed by atoms with van der Waals surface area (Å²) >= 11 is 0. The smallest absolute Gasteiger partial charge is 0.332 e. The highest BCUT2D eigenvalue weighted by molar-refractivity contribution is 5.75. The van der Waals surface area contributed by atoms with Crippen molar-refractivity contribution in [3.05, 3.63) is 44.5 Å². The van der Waals surface area contributed by atoms with Gasteiger partial charge in [-0.05, 0) is 38.8 Å². The van der Waals surface area contributed by atoms with Crippen molar-refractivity contribution in [2.75, 3.05) is 18.0 Å². The molecule has 1 fully saturated rings. The van der Waals surface area contributed by atoms with Crippen LogP contribution < -0.4 is 21.9 Å². The summed E-state index contributed by atoms with van der Waals surface area (Å²) in [7, 11) is 1.63. The minimum atomic E-state index is -0.435. The molecule has 0 aromatic carbocycles. The van der Waals surface area contributed by atoms with Gasteiger partial charge in [0.15, 0.2) is 11.2 Å². The lowest BCUT2D eigenvalue weighted by Crippen LogP contribution is -2.44. The van der Waals surface area contributed by atoms with E-state index < -0.39 is 11.2 Å². The maximum Gasteiger partial charge on any atom is 0.332 e. The van der Waals surface area contributed by atoms with Crippen LogP contribution in [-0.4, -0.2) is 37.8 Å². The van der Waals surface area contributed by atoms with Gasteiger partial charge in [0, 0.05) is 26.2 Å². The molecule has 4 rings (SSSR count). The van der Waals surface area contributed by atoms with E-state index in [2.05, 4.69) is 21.7 Å². The van der Waals surface area contributed by atoms with Gasteiger partial charge in [-0.15, -0.1) is 5.92 Å². The van der Waals surface area contributed by atoms with Crippen molar-refractivity contribution >= 4 is 17.1 Å². The molecule has 4 heterocycles. The third-order valence-electron chi connectivity index (χ3n) is 5.48. The number of rotatable bonds is 4. The van der Waals surface area contributed by atoms with Crippen LogP contribution in [0.2, 0.25) is 0 Å². The Hall–Kier alpha value is -3.25. The fourth-order valence-electron chi connectivity index (χ4n) is 3.97. The van der Waals surface area contributed by atoms with Gasteiger partial charge in [-0.3, -0.25) is 18.5 Å². The minimum Gasteiger partial charge on any atom is -0.464 e. The van der Waals surface area contributed by atoms with Crippen molar-refractivity contribution < 1.29 is 4.42 Å². The summed E-state index contributed by atoms with van der Waals surface area (Å²) in [4.78, 5) is 33.1. The van der Waals surface area contributed by atoms with Crippen LogP contribution in [0, 0.1) is 18.8 Å². The maximum absolute atomic E-state index is 13.4. The topological polar surface area (TPSA) is 104 Å². The lowest BCUT2D eigenvalue weighted by Gasteiger charge is -2.31. The van der Waals surface area contributed by atoms with Crippen LogP contribution in [0.4, 0.5) is 5.95 Å². The number of fused-ring (bicyclic) bond motifs is 1. The molecule has 1 saturated heterocycles. The Morgan fingerprint density at radius 1 is 1.30 bits per heavy atom. The molecule has 0 amide bonds. The standard InChI is InChI=1S/C21H26N6O3/c1-4-5-11-26-17-18(23-20(26)25-10-6-7-15(22)12-25)24(3)21(29)27(19(17)28)13-16-9-8-14(2)30-16/h8-9,15H,6-7,10-13,22H2,1-3H3. The fourth-order valence-corrected chi connectivity index (χ4v) is 3.97. The molecule has 1 aliphatic heterocycles. The molecule has 2 N–H and O–H groups in total. The van der Waals surface area contributed by atoms with Crippen LogP contribution in [0.15, 0.2) is 26.1 Å². The normalized spacial score (nSPS) is 16.7. The van der Waals surface area contributed by atoms with Crippen molar-refractivity contribution in [2.24, 2.45) is 12.8 Å². The molecule has 0 bridgehead atoms. The number of nitrogens with zero attached hydrogens (tertiary/aromatic N) is 5. The van der Waals surface area contributed by atoms with Crippen molar-refractivity contribution in [2.45, 2.75) is 45.8 Å². The van der Waals surface area contributed by atoms with E-state index in [9.17, 15) is 9.59 Å². The van der Waals surface area contributed by atoms with Crippen LogP contribution in [0.25, 0.3) is 11.2 Å². The van der Waals surface area contributed by atoms with Crippen LogP contribution >= 0.6 is 0 Å². The van der Waals surface area contributed by atoms with Gasteiger partial charge in [0.05, 0.1) is 13.1 Å². The monoisotopic (exact) mass is 410 g/mol. The summed E-state index contributed by atoms with van der Waals surface area (Å²) in [6.07, 6.45) is 1.91. The zero-order valence-corrected chi connectivity index (χ0v) is 17.5. The minimum absolute atomic E-state index is 0.0481. The SMILES string of the molecule is CC#CCn1c(N2CCCC(N)C2)nc2c1c(=O)n(Cc1ccc(C)o1)c(=O)n2C. The molecule has 1 unspecified atom stereocenters. The first-order valence-corrected chi connectivity index (χ1v) is 10.1. The maximum atomic E-state index is 13.4. The number of hydrogen-bond acceptors (Lipinski definition) is 6. The van der Waals surface area contributed by atoms with E-state index in [-0.39, 0.29) is 12.6 Å². The highest BCUT2D eigenvalue weighted by atomic mass is 16.3. The largest absolute Gasteiger partial charge is 0.464 e. The first kappa shape index (κ1) is 20.0. The summed E-state index contributed by atoms with van der Waals surface area (Å²) in [6.45, 7) is 5.39. The van der Waals surface area contributed by atoms with Gasteiger partial charge in [-0.25, -0.2) is 4.79 Å². The highest BCUT2D eigenvalue weighted by Crippen LogP contribution is 2.23. The van der Waals surface area contributed by atoms with Crippen molar-refractivity contribution in [3.8, 4) is 11.8 Å². The molecular weight excluding hydrogens is 384 g/mol. The highest BCUT2D eigenvalue weighted by Gasteiger charge is 2.26. The number of aryl methyl sites for hydroxylation is 2. The van der Waals surface area contributed by atoms with Crippen LogP contribution in [0.1, 0.15) is 31.3 Å². The average Bonchev–Trinajstić information content (AvgIpc) is 3.31. The van der Waals surface area contributed by atoms with Crippen molar-refractivity contribution in [1.82, 2.24) is 18.7 Å². The molecule has 3 aromatic rings. The summed E-state index contributed by atoms with van der Waals surface area (Å²) in [6, 6.07) is 3.63. The second-order valence-corrected chi connectivity index (χ2v) is 7.69. The number of imidazole rings is 1. The Labute approximate surface area is 173 Å². The number of piperidine rings is 1. The van der Waals surface area contributed by atoms with Crippen LogP contribution in [0.5, 0.6) is 0 Å². The first-order valence-electron chi connectivity index (χ1n) is 10.1. The molecule has 158 valence electrons. The van der Waals surface area contributed by atoms with Crippen molar-refractivity contribution in [1.29, 1.82) is 0 Å². The van der Waals surface area contributed by atoms with E-state index in [1.54, 1.807) is 24.6 Å². The van der Waals surface area contributed by atoms with Gasteiger partial charge >= 0.3 is 5.69 Å². The number of aromatic nitrogens is 4. The molecule has 0 radical (unpaired) electrons. The number of anilines is 1. The molecule has 0 spiro atoms. The molecule has 3 aromatic heterocycles. The van der Waals surface area contributed by atoms with E-state index in [1.807, 2.05) is 13.0 Å². The number of nitrogens with two attached hydrogens (primary N) is 1. The zero-order valence-electron chi connectivity index (χ0n) is 17.5. The second-order valence-electron chi connectivity index (χ2n) is 7.69. The molecule has 1 aliphatic rings. The van der Waals surface area contributed by atoms with Crippen LogP contribution in [0.3, 0.4) is 0 Å². The van der Waals surface area contributed by atoms with Gasteiger partial charge in [-0.1, -0.05) is 5.92 Å². The van der Waals surface area contributed by atoms with Gasteiger partial charge in [-0.2, -0.15) is 4.98 Å². The zero-order chi connectivity index (χ0) is 21.4.